The summed E-state index contributed by atoms with van der Waals surface area (Å²) in [6, 6.07) is 9.66. The molecule has 8 nitrogen and oxygen atoms in total. The van der Waals surface area contributed by atoms with E-state index < -0.39 is 22.5 Å². The zero-order valence-corrected chi connectivity index (χ0v) is 19.8. The quantitative estimate of drug-likeness (QED) is 0.552. The van der Waals surface area contributed by atoms with Crippen LogP contribution < -0.4 is 19.2 Å². The van der Waals surface area contributed by atoms with E-state index in [0.29, 0.717) is 10.7 Å². The first-order valence-corrected chi connectivity index (χ1v) is 12.3. The average Bonchev–Trinajstić information content (AvgIpc) is 3.00. The lowest BCUT2D eigenvalue weighted by molar-refractivity contribution is -0.114. The van der Waals surface area contributed by atoms with Gasteiger partial charge in [0.05, 0.1) is 29.3 Å². The van der Waals surface area contributed by atoms with Crippen LogP contribution in [0, 0.1) is 0 Å². The van der Waals surface area contributed by atoms with Gasteiger partial charge >= 0.3 is 4.87 Å². The normalized spacial score (nSPS) is 11.7. The topological polar surface area (TPSA) is 97.7 Å². The zero-order chi connectivity index (χ0) is 22.9. The van der Waals surface area contributed by atoms with E-state index in [0.717, 1.165) is 32.1 Å². The monoisotopic (exact) mass is 483 g/mol. The van der Waals surface area contributed by atoms with Gasteiger partial charge in [-0.1, -0.05) is 22.9 Å². The van der Waals surface area contributed by atoms with Crippen LogP contribution in [0.5, 0.6) is 5.75 Å². The lowest BCUT2D eigenvalue weighted by Gasteiger charge is -2.24. The molecule has 0 atom stereocenters. The second-order valence-electron chi connectivity index (χ2n) is 7.15. The SMILES string of the molecule is COc1ccc(Cl)cc1N(CC(=O)Nc1ccc2c(c1)sc(=O)n2C(C)C)S(C)(=O)=O. The predicted octanol–water partition coefficient (Wildman–Crippen LogP) is 3.71. The van der Waals surface area contributed by atoms with E-state index in [-0.39, 0.29) is 22.4 Å². The molecule has 3 rings (SSSR count). The molecule has 0 saturated carbocycles. The summed E-state index contributed by atoms with van der Waals surface area (Å²) in [5.41, 5.74) is 1.40. The van der Waals surface area contributed by atoms with E-state index in [1.54, 1.807) is 28.8 Å². The van der Waals surface area contributed by atoms with Crippen molar-refractivity contribution in [3.63, 3.8) is 0 Å². The molecule has 0 spiro atoms. The maximum atomic E-state index is 12.7. The molecule has 0 unspecified atom stereocenters. The van der Waals surface area contributed by atoms with Gasteiger partial charge in [-0.25, -0.2) is 8.42 Å². The molecule has 0 radical (unpaired) electrons. The van der Waals surface area contributed by atoms with Crippen LogP contribution in [0.3, 0.4) is 0 Å². The van der Waals surface area contributed by atoms with E-state index in [9.17, 15) is 18.0 Å². The van der Waals surface area contributed by atoms with Crippen molar-refractivity contribution in [2.45, 2.75) is 19.9 Å². The number of amides is 1. The van der Waals surface area contributed by atoms with Crippen molar-refractivity contribution in [3.8, 4) is 5.75 Å². The Morgan fingerprint density at radius 3 is 2.58 bits per heavy atom. The Balaban J connectivity index is 1.89. The minimum Gasteiger partial charge on any atom is -0.495 e. The number of hydrogen-bond acceptors (Lipinski definition) is 6. The van der Waals surface area contributed by atoms with Crippen molar-refractivity contribution < 1.29 is 17.9 Å². The standard InChI is InChI=1S/C20H22ClN3O5S2/c1-12(2)24-15-7-6-14(10-18(15)30-20(24)26)22-19(25)11-23(31(4,27)28)16-9-13(21)5-8-17(16)29-3/h5-10,12H,11H2,1-4H3,(H,22,25). The van der Waals surface area contributed by atoms with Crippen LogP contribution in [0.4, 0.5) is 11.4 Å². The first-order valence-electron chi connectivity index (χ1n) is 9.27. The van der Waals surface area contributed by atoms with E-state index in [2.05, 4.69) is 5.32 Å². The summed E-state index contributed by atoms with van der Waals surface area (Å²) in [6.45, 7) is 3.37. The molecule has 0 fully saturated rings. The number of halogens is 1. The molecular formula is C20H22ClN3O5S2. The molecule has 31 heavy (non-hydrogen) atoms. The second kappa shape index (κ2) is 8.89. The smallest absolute Gasteiger partial charge is 0.308 e. The van der Waals surface area contributed by atoms with Gasteiger partial charge in [-0.15, -0.1) is 0 Å². The summed E-state index contributed by atoms with van der Waals surface area (Å²) >= 11 is 7.11. The number of ether oxygens (including phenoxy) is 1. The fourth-order valence-corrected chi connectivity index (χ4v) is 5.24. The molecule has 0 aliphatic carbocycles. The molecule has 166 valence electrons. The average molecular weight is 484 g/mol. The molecular weight excluding hydrogens is 462 g/mol. The zero-order valence-electron chi connectivity index (χ0n) is 17.4. The van der Waals surface area contributed by atoms with Gasteiger partial charge in [-0.05, 0) is 50.2 Å². The first kappa shape index (κ1) is 23.1. The van der Waals surface area contributed by atoms with Crippen molar-refractivity contribution in [2.75, 3.05) is 29.5 Å². The van der Waals surface area contributed by atoms with Gasteiger partial charge in [0.2, 0.25) is 15.9 Å². The Labute approximate surface area is 189 Å². The molecule has 0 aliphatic rings. The summed E-state index contributed by atoms with van der Waals surface area (Å²) in [5.74, 6) is -0.286. The highest BCUT2D eigenvalue weighted by molar-refractivity contribution is 7.92. The molecule has 1 N–H and O–H groups in total. The lowest BCUT2D eigenvalue weighted by Crippen LogP contribution is -2.37. The van der Waals surface area contributed by atoms with Crippen molar-refractivity contribution in [1.29, 1.82) is 0 Å². The fourth-order valence-electron chi connectivity index (χ4n) is 3.17. The Morgan fingerprint density at radius 2 is 1.97 bits per heavy atom. The maximum Gasteiger partial charge on any atom is 0.308 e. The minimum atomic E-state index is -3.81. The highest BCUT2D eigenvalue weighted by Gasteiger charge is 2.24. The van der Waals surface area contributed by atoms with Crippen LogP contribution in [0.25, 0.3) is 10.2 Å². The van der Waals surface area contributed by atoms with Crippen molar-refractivity contribution in [1.82, 2.24) is 4.57 Å². The number of carbonyl (C=O) groups is 1. The van der Waals surface area contributed by atoms with Crippen LogP contribution in [-0.2, 0) is 14.8 Å². The molecule has 1 amide bonds. The van der Waals surface area contributed by atoms with Crippen LogP contribution in [0.15, 0.2) is 41.2 Å². The lowest BCUT2D eigenvalue weighted by atomic mass is 10.2. The molecule has 0 bridgehead atoms. The summed E-state index contributed by atoms with van der Waals surface area (Å²) in [4.78, 5) is 24.8. The molecule has 2 aromatic carbocycles. The molecule has 0 saturated heterocycles. The van der Waals surface area contributed by atoms with Gasteiger partial charge < -0.3 is 10.1 Å². The van der Waals surface area contributed by atoms with Crippen LogP contribution >= 0.6 is 22.9 Å². The first-order chi connectivity index (χ1) is 14.5. The number of benzene rings is 2. The van der Waals surface area contributed by atoms with Crippen molar-refractivity contribution in [3.05, 3.63) is 51.1 Å². The third-order valence-electron chi connectivity index (χ3n) is 4.51. The fraction of sp³-hybridized carbons (Fsp3) is 0.300. The summed E-state index contributed by atoms with van der Waals surface area (Å²) in [5, 5.41) is 3.00. The number of fused-ring (bicyclic) bond motifs is 1. The molecule has 3 aromatic rings. The van der Waals surface area contributed by atoms with E-state index in [1.807, 2.05) is 13.8 Å². The van der Waals surface area contributed by atoms with Crippen LogP contribution in [0.1, 0.15) is 19.9 Å². The van der Waals surface area contributed by atoms with Crippen molar-refractivity contribution in [2.24, 2.45) is 0 Å². The van der Waals surface area contributed by atoms with Gasteiger partial charge in [0.1, 0.15) is 12.3 Å². The van der Waals surface area contributed by atoms with Gasteiger partial charge in [0.25, 0.3) is 0 Å². The van der Waals surface area contributed by atoms with Gasteiger partial charge in [0.15, 0.2) is 0 Å². The number of nitrogens with one attached hydrogen (secondary N) is 1. The number of carbonyl (C=O) groups excluding carboxylic acids is 1. The number of methoxy groups -OCH3 is 1. The van der Waals surface area contributed by atoms with E-state index >= 15 is 0 Å². The van der Waals surface area contributed by atoms with Gasteiger partial charge in [0, 0.05) is 16.8 Å². The number of sulfonamides is 1. The third-order valence-corrected chi connectivity index (χ3v) is 6.79. The summed E-state index contributed by atoms with van der Waals surface area (Å²) < 4.78 is 33.4. The minimum absolute atomic E-state index is 0.0117. The largest absolute Gasteiger partial charge is 0.495 e. The number of rotatable bonds is 7. The third kappa shape index (κ3) is 5.03. The van der Waals surface area contributed by atoms with Gasteiger partial charge in [-0.3, -0.25) is 18.5 Å². The Bertz CT molecular complexity index is 1300. The second-order valence-corrected chi connectivity index (χ2v) is 10.5. The Hall–Kier alpha value is -2.56. The molecule has 1 aromatic heterocycles. The van der Waals surface area contributed by atoms with E-state index in [4.69, 9.17) is 16.3 Å². The number of anilines is 2. The van der Waals surface area contributed by atoms with Crippen molar-refractivity contribution >= 4 is 60.5 Å². The Kier molecular flexibility index (Phi) is 6.63. The van der Waals surface area contributed by atoms with E-state index in [1.165, 1.54) is 19.2 Å². The number of aromatic nitrogens is 1. The highest BCUT2D eigenvalue weighted by atomic mass is 35.5. The number of thiazole rings is 1. The molecule has 0 aliphatic heterocycles. The number of hydrogen-bond donors (Lipinski definition) is 1. The molecule has 11 heteroatoms. The van der Waals surface area contributed by atoms with Crippen LogP contribution in [-0.4, -0.2) is 38.8 Å². The van der Waals surface area contributed by atoms with Crippen LogP contribution in [0.2, 0.25) is 5.02 Å². The summed E-state index contributed by atoms with van der Waals surface area (Å²) in [6.07, 6.45) is 0.999. The number of nitrogens with zero attached hydrogens (tertiary/aromatic N) is 2. The predicted molar refractivity (Wildman–Crippen MR) is 125 cm³/mol. The highest BCUT2D eigenvalue weighted by Crippen LogP contribution is 2.33. The summed E-state index contributed by atoms with van der Waals surface area (Å²) in [7, 11) is -2.41. The maximum absolute atomic E-state index is 12.7. The van der Waals surface area contributed by atoms with Gasteiger partial charge in [-0.2, -0.15) is 0 Å². The Morgan fingerprint density at radius 1 is 1.26 bits per heavy atom. The molecule has 1 heterocycles.